The van der Waals surface area contributed by atoms with Crippen molar-refractivity contribution < 1.29 is 9.47 Å². The summed E-state index contributed by atoms with van der Waals surface area (Å²) >= 11 is 0. The van der Waals surface area contributed by atoms with Crippen molar-refractivity contribution >= 4 is 11.6 Å². The van der Waals surface area contributed by atoms with Crippen LogP contribution in [-0.2, 0) is 9.47 Å². The lowest BCUT2D eigenvalue weighted by Gasteiger charge is -2.25. The van der Waals surface area contributed by atoms with E-state index < -0.39 is 0 Å². The predicted molar refractivity (Wildman–Crippen MR) is 81.5 cm³/mol. The standard InChI is InChI=1S/C14H26N4O2/c1-5-19-9-7-18(8-10-20-6-2)14-12(3)13(15-4)16-11-17-14/h11H,5-10H2,1-4H3,(H,15,16,17). The van der Waals surface area contributed by atoms with Crippen LogP contribution in [0.5, 0.6) is 0 Å². The van der Waals surface area contributed by atoms with E-state index in [2.05, 4.69) is 20.2 Å². The van der Waals surface area contributed by atoms with E-state index in [1.807, 2.05) is 27.8 Å². The van der Waals surface area contributed by atoms with E-state index in [4.69, 9.17) is 9.47 Å². The lowest BCUT2D eigenvalue weighted by atomic mass is 10.3. The molecule has 20 heavy (non-hydrogen) atoms. The van der Waals surface area contributed by atoms with Crippen molar-refractivity contribution in [2.24, 2.45) is 0 Å². The summed E-state index contributed by atoms with van der Waals surface area (Å²) in [6.07, 6.45) is 1.59. The first kappa shape index (κ1) is 16.7. The highest BCUT2D eigenvalue weighted by Gasteiger charge is 2.13. The van der Waals surface area contributed by atoms with Crippen molar-refractivity contribution in [2.75, 3.05) is 56.8 Å². The minimum absolute atomic E-state index is 0.682. The SMILES string of the molecule is CCOCCN(CCOCC)c1ncnc(NC)c1C. The van der Waals surface area contributed by atoms with Gasteiger partial charge in [-0.05, 0) is 20.8 Å². The Kier molecular flexibility index (Phi) is 7.91. The van der Waals surface area contributed by atoms with Crippen LogP contribution in [-0.4, -0.2) is 56.5 Å². The fourth-order valence-corrected chi connectivity index (χ4v) is 1.97. The van der Waals surface area contributed by atoms with Gasteiger partial charge in [-0.25, -0.2) is 9.97 Å². The maximum atomic E-state index is 5.45. The Balaban J connectivity index is 2.79. The molecule has 0 saturated heterocycles. The Morgan fingerprint density at radius 3 is 2.20 bits per heavy atom. The van der Waals surface area contributed by atoms with Crippen LogP contribution in [0.4, 0.5) is 11.6 Å². The second kappa shape index (κ2) is 9.50. The van der Waals surface area contributed by atoms with Gasteiger partial charge in [0.2, 0.25) is 0 Å². The van der Waals surface area contributed by atoms with Crippen molar-refractivity contribution in [1.29, 1.82) is 0 Å². The molecule has 0 aliphatic heterocycles. The fourth-order valence-electron chi connectivity index (χ4n) is 1.97. The molecule has 0 atom stereocenters. The number of aromatic nitrogens is 2. The largest absolute Gasteiger partial charge is 0.380 e. The predicted octanol–water partition coefficient (Wildman–Crippen LogP) is 1.71. The van der Waals surface area contributed by atoms with Crippen molar-refractivity contribution in [2.45, 2.75) is 20.8 Å². The molecule has 6 nitrogen and oxygen atoms in total. The second-order valence-electron chi connectivity index (χ2n) is 4.30. The van der Waals surface area contributed by atoms with E-state index in [0.29, 0.717) is 13.2 Å². The Morgan fingerprint density at radius 2 is 1.70 bits per heavy atom. The molecule has 0 aromatic carbocycles. The van der Waals surface area contributed by atoms with Gasteiger partial charge < -0.3 is 19.7 Å². The summed E-state index contributed by atoms with van der Waals surface area (Å²) in [6, 6.07) is 0. The highest BCUT2D eigenvalue weighted by Crippen LogP contribution is 2.21. The molecular formula is C14H26N4O2. The van der Waals surface area contributed by atoms with Gasteiger partial charge >= 0.3 is 0 Å². The van der Waals surface area contributed by atoms with E-state index in [0.717, 1.165) is 43.5 Å². The zero-order valence-corrected chi connectivity index (χ0v) is 13.0. The maximum Gasteiger partial charge on any atom is 0.137 e. The zero-order chi connectivity index (χ0) is 14.8. The molecule has 0 amide bonds. The summed E-state index contributed by atoms with van der Waals surface area (Å²) in [5.41, 5.74) is 1.04. The molecule has 0 unspecified atom stereocenters. The van der Waals surface area contributed by atoms with Crippen LogP contribution in [0.25, 0.3) is 0 Å². The van der Waals surface area contributed by atoms with Gasteiger partial charge in [0, 0.05) is 38.9 Å². The topological polar surface area (TPSA) is 59.5 Å². The van der Waals surface area contributed by atoms with Crippen LogP contribution in [0.15, 0.2) is 6.33 Å². The molecule has 0 bridgehead atoms. The molecular weight excluding hydrogens is 256 g/mol. The highest BCUT2D eigenvalue weighted by molar-refractivity contribution is 5.57. The quantitative estimate of drug-likeness (QED) is 0.659. The number of hydrogen-bond donors (Lipinski definition) is 1. The number of ether oxygens (including phenoxy) is 2. The Labute approximate surface area is 121 Å². The normalized spacial score (nSPS) is 10.6. The third-order valence-corrected chi connectivity index (χ3v) is 3.01. The molecule has 0 saturated carbocycles. The molecule has 1 N–H and O–H groups in total. The van der Waals surface area contributed by atoms with Gasteiger partial charge in [-0.3, -0.25) is 0 Å². The minimum Gasteiger partial charge on any atom is -0.380 e. The summed E-state index contributed by atoms with van der Waals surface area (Å²) < 4.78 is 10.9. The first-order chi connectivity index (χ1) is 9.74. The number of hydrogen-bond acceptors (Lipinski definition) is 6. The van der Waals surface area contributed by atoms with E-state index in [1.165, 1.54) is 0 Å². The summed E-state index contributed by atoms with van der Waals surface area (Å²) in [6.45, 7) is 10.4. The van der Waals surface area contributed by atoms with Crippen LogP contribution < -0.4 is 10.2 Å². The molecule has 0 aliphatic carbocycles. The van der Waals surface area contributed by atoms with Crippen LogP contribution in [0, 0.1) is 6.92 Å². The van der Waals surface area contributed by atoms with Gasteiger partial charge in [0.1, 0.15) is 18.0 Å². The molecule has 1 heterocycles. The molecule has 0 fully saturated rings. The first-order valence-corrected chi connectivity index (χ1v) is 7.14. The van der Waals surface area contributed by atoms with E-state index in [-0.39, 0.29) is 0 Å². The molecule has 0 aliphatic rings. The number of anilines is 2. The van der Waals surface area contributed by atoms with Gasteiger partial charge in [0.15, 0.2) is 0 Å². The van der Waals surface area contributed by atoms with Gasteiger partial charge in [0.25, 0.3) is 0 Å². The molecule has 1 aromatic rings. The van der Waals surface area contributed by atoms with E-state index in [9.17, 15) is 0 Å². The lowest BCUT2D eigenvalue weighted by Crippen LogP contribution is -2.32. The van der Waals surface area contributed by atoms with Gasteiger partial charge in [0.05, 0.1) is 13.2 Å². The number of nitrogens with one attached hydrogen (secondary N) is 1. The van der Waals surface area contributed by atoms with Gasteiger partial charge in [-0.2, -0.15) is 0 Å². The van der Waals surface area contributed by atoms with Crippen LogP contribution in [0.2, 0.25) is 0 Å². The zero-order valence-electron chi connectivity index (χ0n) is 13.0. The maximum absolute atomic E-state index is 5.45. The Bertz CT molecular complexity index is 377. The monoisotopic (exact) mass is 282 g/mol. The molecule has 114 valence electrons. The average Bonchev–Trinajstić information content (AvgIpc) is 2.46. The third kappa shape index (κ3) is 4.94. The lowest BCUT2D eigenvalue weighted by molar-refractivity contribution is 0.141. The fraction of sp³-hybridized carbons (Fsp3) is 0.714. The van der Waals surface area contributed by atoms with E-state index >= 15 is 0 Å². The number of nitrogens with zero attached hydrogens (tertiary/aromatic N) is 3. The van der Waals surface area contributed by atoms with Crippen molar-refractivity contribution in [3.63, 3.8) is 0 Å². The van der Waals surface area contributed by atoms with Gasteiger partial charge in [-0.15, -0.1) is 0 Å². The smallest absolute Gasteiger partial charge is 0.137 e. The summed E-state index contributed by atoms with van der Waals surface area (Å²) in [7, 11) is 1.86. The van der Waals surface area contributed by atoms with Crippen LogP contribution in [0.3, 0.4) is 0 Å². The third-order valence-electron chi connectivity index (χ3n) is 3.01. The van der Waals surface area contributed by atoms with Gasteiger partial charge in [-0.1, -0.05) is 0 Å². The van der Waals surface area contributed by atoms with Crippen LogP contribution in [0.1, 0.15) is 19.4 Å². The Morgan fingerprint density at radius 1 is 1.10 bits per heavy atom. The summed E-state index contributed by atoms with van der Waals surface area (Å²) in [5, 5.41) is 3.08. The first-order valence-electron chi connectivity index (χ1n) is 7.14. The van der Waals surface area contributed by atoms with Crippen molar-refractivity contribution in [3.05, 3.63) is 11.9 Å². The van der Waals surface area contributed by atoms with Crippen molar-refractivity contribution in [3.8, 4) is 0 Å². The minimum atomic E-state index is 0.682. The van der Waals surface area contributed by atoms with E-state index in [1.54, 1.807) is 6.33 Å². The molecule has 0 spiro atoms. The molecule has 0 radical (unpaired) electrons. The molecule has 1 rings (SSSR count). The summed E-state index contributed by atoms with van der Waals surface area (Å²) in [4.78, 5) is 10.8. The molecule has 6 heteroatoms. The Hall–Kier alpha value is -1.40. The highest BCUT2D eigenvalue weighted by atomic mass is 16.5. The number of rotatable bonds is 10. The van der Waals surface area contributed by atoms with Crippen LogP contribution >= 0.6 is 0 Å². The van der Waals surface area contributed by atoms with Crippen molar-refractivity contribution in [1.82, 2.24) is 9.97 Å². The second-order valence-corrected chi connectivity index (χ2v) is 4.30. The average molecular weight is 282 g/mol. The summed E-state index contributed by atoms with van der Waals surface area (Å²) in [5.74, 6) is 1.79. The molecule has 1 aromatic heterocycles.